The first-order valence-corrected chi connectivity index (χ1v) is 6.32. The van der Waals surface area contributed by atoms with Crippen LogP contribution < -0.4 is 10.6 Å². The Morgan fingerprint density at radius 2 is 1.95 bits per heavy atom. The van der Waals surface area contributed by atoms with E-state index in [4.69, 9.17) is 15.9 Å². The second-order valence-corrected chi connectivity index (χ2v) is 4.59. The number of morpholine rings is 1. The average molecular weight is 293 g/mol. The molecule has 0 spiro atoms. The quantitative estimate of drug-likeness (QED) is 0.653. The Labute approximate surface area is 123 Å². The van der Waals surface area contributed by atoms with Gasteiger partial charge in [0.05, 0.1) is 18.7 Å². The number of nitrogens with one attached hydrogen (secondary N) is 1. The van der Waals surface area contributed by atoms with Crippen molar-refractivity contribution >= 4 is 34.8 Å². The van der Waals surface area contributed by atoms with Gasteiger partial charge in [0.2, 0.25) is 0 Å². The van der Waals surface area contributed by atoms with Crippen LogP contribution in [0, 0.1) is 5.41 Å². The number of nitrogens with zero attached hydrogens (tertiary/aromatic N) is 2. The van der Waals surface area contributed by atoms with Crippen LogP contribution in [0.25, 0.3) is 10.9 Å². The Bertz CT molecular complexity index is 626. The zero-order valence-corrected chi connectivity index (χ0v) is 11.8. The number of hydrogen-bond donors (Lipinski definition) is 2. The van der Waals surface area contributed by atoms with Gasteiger partial charge in [0.15, 0.2) is 0 Å². The lowest BCUT2D eigenvalue weighted by Gasteiger charge is -2.29. The number of halogens is 1. The van der Waals surface area contributed by atoms with Gasteiger partial charge in [-0.25, -0.2) is 4.98 Å². The molecule has 3 N–H and O–H groups in total. The summed E-state index contributed by atoms with van der Waals surface area (Å²) >= 11 is 0. The number of nitrogens with two attached hydrogens (primary N) is 1. The SMILES string of the molecule is Cl.N=C(N)c1ccc2cc(N3CCOCC3)ccc2n1. The monoisotopic (exact) mass is 292 g/mol. The number of nitrogen functional groups attached to an aromatic ring is 1. The molecule has 3 rings (SSSR count). The summed E-state index contributed by atoms with van der Waals surface area (Å²) in [6.07, 6.45) is 0. The van der Waals surface area contributed by atoms with Crippen LogP contribution >= 0.6 is 12.4 Å². The minimum atomic E-state index is -0.000782. The topological polar surface area (TPSA) is 75.2 Å². The Morgan fingerprint density at radius 3 is 2.65 bits per heavy atom. The van der Waals surface area contributed by atoms with E-state index in [0.717, 1.165) is 37.2 Å². The van der Waals surface area contributed by atoms with Gasteiger partial charge in [-0.2, -0.15) is 0 Å². The fourth-order valence-corrected chi connectivity index (χ4v) is 2.28. The Hall–Kier alpha value is -1.85. The zero-order chi connectivity index (χ0) is 13.2. The maximum atomic E-state index is 7.41. The van der Waals surface area contributed by atoms with Gasteiger partial charge in [-0.1, -0.05) is 6.07 Å². The van der Waals surface area contributed by atoms with Crippen LogP contribution in [-0.4, -0.2) is 37.1 Å². The lowest BCUT2D eigenvalue weighted by atomic mass is 10.1. The highest BCUT2D eigenvalue weighted by Gasteiger charge is 2.11. The molecule has 106 valence electrons. The smallest absolute Gasteiger partial charge is 0.141 e. The summed E-state index contributed by atoms with van der Waals surface area (Å²) in [4.78, 5) is 6.68. The summed E-state index contributed by atoms with van der Waals surface area (Å²) in [6.45, 7) is 3.40. The number of pyridine rings is 1. The molecule has 1 aliphatic heterocycles. The molecule has 1 saturated heterocycles. The average Bonchev–Trinajstić information content (AvgIpc) is 2.47. The molecule has 2 heterocycles. The van der Waals surface area contributed by atoms with Crippen LogP contribution in [0.3, 0.4) is 0 Å². The van der Waals surface area contributed by atoms with E-state index in [2.05, 4.69) is 22.0 Å². The Morgan fingerprint density at radius 1 is 1.20 bits per heavy atom. The van der Waals surface area contributed by atoms with Gasteiger partial charge < -0.3 is 15.4 Å². The fraction of sp³-hybridized carbons (Fsp3) is 0.286. The minimum absolute atomic E-state index is 0. The number of benzene rings is 1. The second kappa shape index (κ2) is 6.07. The normalized spacial score (nSPS) is 14.9. The largest absolute Gasteiger partial charge is 0.382 e. The highest BCUT2D eigenvalue weighted by atomic mass is 35.5. The number of fused-ring (bicyclic) bond motifs is 1. The molecule has 0 unspecified atom stereocenters. The van der Waals surface area contributed by atoms with Crippen molar-refractivity contribution in [1.29, 1.82) is 5.41 Å². The third-order valence-corrected chi connectivity index (χ3v) is 3.32. The Kier molecular flexibility index (Phi) is 4.42. The number of rotatable bonds is 2. The van der Waals surface area contributed by atoms with E-state index >= 15 is 0 Å². The Balaban J connectivity index is 0.00000147. The van der Waals surface area contributed by atoms with E-state index < -0.39 is 0 Å². The third kappa shape index (κ3) is 2.84. The third-order valence-electron chi connectivity index (χ3n) is 3.32. The maximum absolute atomic E-state index is 7.41. The van der Waals surface area contributed by atoms with E-state index in [0.29, 0.717) is 5.69 Å². The first-order valence-electron chi connectivity index (χ1n) is 6.32. The number of hydrogen-bond acceptors (Lipinski definition) is 4. The summed E-state index contributed by atoms with van der Waals surface area (Å²) < 4.78 is 5.36. The summed E-state index contributed by atoms with van der Waals surface area (Å²) in [5.74, 6) is -0.000782. The number of ether oxygens (including phenoxy) is 1. The van der Waals surface area contributed by atoms with Gasteiger partial charge in [-0.05, 0) is 24.3 Å². The molecule has 1 aromatic carbocycles. The van der Waals surface area contributed by atoms with Crippen molar-refractivity contribution in [1.82, 2.24) is 4.98 Å². The molecule has 0 bridgehead atoms. The van der Waals surface area contributed by atoms with Crippen LogP contribution in [0.5, 0.6) is 0 Å². The van der Waals surface area contributed by atoms with Crippen molar-refractivity contribution in [2.45, 2.75) is 0 Å². The van der Waals surface area contributed by atoms with E-state index in [9.17, 15) is 0 Å². The van der Waals surface area contributed by atoms with Crippen LogP contribution in [0.2, 0.25) is 0 Å². The summed E-state index contributed by atoms with van der Waals surface area (Å²) in [5, 5.41) is 8.47. The first-order chi connectivity index (χ1) is 9.24. The lowest BCUT2D eigenvalue weighted by Crippen LogP contribution is -2.36. The summed E-state index contributed by atoms with van der Waals surface area (Å²) in [6, 6.07) is 9.91. The van der Waals surface area contributed by atoms with Gasteiger partial charge in [-0.3, -0.25) is 5.41 Å². The van der Waals surface area contributed by atoms with Gasteiger partial charge in [0.25, 0.3) is 0 Å². The number of aromatic nitrogens is 1. The van der Waals surface area contributed by atoms with Crippen molar-refractivity contribution in [2.24, 2.45) is 5.73 Å². The van der Waals surface area contributed by atoms with Gasteiger partial charge >= 0.3 is 0 Å². The molecule has 0 amide bonds. The van der Waals surface area contributed by atoms with Crippen LogP contribution in [0.15, 0.2) is 30.3 Å². The molecule has 2 aromatic rings. The van der Waals surface area contributed by atoms with Crippen molar-refractivity contribution in [3.63, 3.8) is 0 Å². The summed E-state index contributed by atoms with van der Waals surface area (Å²) in [5.41, 5.74) is 8.02. The predicted octanol–water partition coefficient (Wildman–Crippen LogP) is 1.78. The highest BCUT2D eigenvalue weighted by Crippen LogP contribution is 2.22. The molecule has 0 aliphatic carbocycles. The predicted molar refractivity (Wildman–Crippen MR) is 83.0 cm³/mol. The molecule has 0 saturated carbocycles. The lowest BCUT2D eigenvalue weighted by molar-refractivity contribution is 0.122. The molecule has 1 fully saturated rings. The fourth-order valence-electron chi connectivity index (χ4n) is 2.28. The molecular formula is C14H17ClN4O. The molecule has 1 aliphatic rings. The van der Waals surface area contributed by atoms with E-state index in [1.54, 1.807) is 6.07 Å². The van der Waals surface area contributed by atoms with Crippen molar-refractivity contribution < 1.29 is 4.74 Å². The van der Waals surface area contributed by atoms with Gasteiger partial charge in [-0.15, -0.1) is 12.4 Å². The summed E-state index contributed by atoms with van der Waals surface area (Å²) in [7, 11) is 0. The first kappa shape index (κ1) is 14.6. The van der Waals surface area contributed by atoms with E-state index in [1.165, 1.54) is 5.69 Å². The minimum Gasteiger partial charge on any atom is -0.382 e. The van der Waals surface area contributed by atoms with Crippen molar-refractivity contribution in [3.05, 3.63) is 36.0 Å². The molecule has 0 atom stereocenters. The molecular weight excluding hydrogens is 276 g/mol. The number of amidine groups is 1. The molecule has 5 nitrogen and oxygen atoms in total. The van der Waals surface area contributed by atoms with Gasteiger partial charge in [0.1, 0.15) is 11.5 Å². The van der Waals surface area contributed by atoms with Crippen LogP contribution in [0.1, 0.15) is 5.69 Å². The molecule has 1 aromatic heterocycles. The van der Waals surface area contributed by atoms with E-state index in [1.807, 2.05) is 12.1 Å². The van der Waals surface area contributed by atoms with Crippen molar-refractivity contribution in [2.75, 3.05) is 31.2 Å². The zero-order valence-electron chi connectivity index (χ0n) is 11.0. The molecule has 6 heteroatoms. The van der Waals surface area contributed by atoms with E-state index in [-0.39, 0.29) is 18.2 Å². The maximum Gasteiger partial charge on any atom is 0.141 e. The highest BCUT2D eigenvalue weighted by molar-refractivity contribution is 5.95. The van der Waals surface area contributed by atoms with Crippen molar-refractivity contribution in [3.8, 4) is 0 Å². The number of anilines is 1. The molecule has 0 radical (unpaired) electrons. The van der Waals surface area contributed by atoms with Crippen LogP contribution in [-0.2, 0) is 4.74 Å². The second-order valence-electron chi connectivity index (χ2n) is 4.59. The standard InChI is InChI=1S/C14H16N4O.ClH/c15-14(16)13-3-1-10-9-11(2-4-12(10)17-13)18-5-7-19-8-6-18;/h1-4,9H,5-8H2,(H3,15,16);1H. The van der Waals surface area contributed by atoms with Crippen LogP contribution in [0.4, 0.5) is 5.69 Å². The van der Waals surface area contributed by atoms with Gasteiger partial charge in [0, 0.05) is 24.2 Å². The molecule has 20 heavy (non-hydrogen) atoms.